The molecule has 4 nitrogen and oxygen atoms in total. The molecule has 1 aliphatic heterocycles. The van der Waals surface area contributed by atoms with Gasteiger partial charge >= 0.3 is 0 Å². The van der Waals surface area contributed by atoms with Crippen molar-refractivity contribution >= 4 is 28.8 Å². The fraction of sp³-hybridized carbons (Fsp3) is 0.412. The molecular weight excluding hydrogens is 332 g/mol. The number of carbonyl (C=O) groups excluding carboxylic acids is 1. The van der Waals surface area contributed by atoms with Crippen LogP contribution in [0.2, 0.25) is 5.02 Å². The van der Waals surface area contributed by atoms with E-state index in [1.807, 2.05) is 49.9 Å². The predicted molar refractivity (Wildman–Crippen MR) is 93.2 cm³/mol. The molecule has 0 radical (unpaired) electrons. The standard InChI is InChI=1S/C17H19ClN2O2S/c1-10-9-22-11(2)8-20(10)17(21)15-12(3)19-16(23-15)13-5-4-6-14(18)7-13/h4-7,10-11H,8-9H2,1-3H3. The fourth-order valence-electron chi connectivity index (χ4n) is 2.66. The second-order valence-corrected chi connectivity index (χ2v) is 7.33. The number of morpholine rings is 1. The van der Waals surface area contributed by atoms with Gasteiger partial charge in [0.05, 0.1) is 24.4 Å². The normalized spacial score (nSPS) is 21.5. The Labute approximate surface area is 145 Å². The molecule has 0 N–H and O–H groups in total. The molecule has 122 valence electrons. The number of benzene rings is 1. The number of halogens is 1. The lowest BCUT2D eigenvalue weighted by atomic mass is 10.2. The lowest BCUT2D eigenvalue weighted by Gasteiger charge is -2.36. The number of hydrogen-bond acceptors (Lipinski definition) is 4. The van der Waals surface area contributed by atoms with E-state index < -0.39 is 0 Å². The van der Waals surface area contributed by atoms with Gasteiger partial charge in [0.2, 0.25) is 0 Å². The summed E-state index contributed by atoms with van der Waals surface area (Å²) in [5, 5.41) is 1.49. The molecule has 2 aromatic rings. The molecule has 1 aromatic heterocycles. The molecule has 0 aliphatic carbocycles. The molecule has 2 atom stereocenters. The first-order valence-corrected chi connectivity index (χ1v) is 8.81. The summed E-state index contributed by atoms with van der Waals surface area (Å²) in [5.41, 5.74) is 1.70. The van der Waals surface area contributed by atoms with Gasteiger partial charge in [0.15, 0.2) is 0 Å². The molecule has 0 spiro atoms. The molecular formula is C17H19ClN2O2S. The van der Waals surface area contributed by atoms with Gasteiger partial charge < -0.3 is 9.64 Å². The van der Waals surface area contributed by atoms with Crippen molar-refractivity contribution in [3.63, 3.8) is 0 Å². The van der Waals surface area contributed by atoms with Crippen LogP contribution >= 0.6 is 22.9 Å². The van der Waals surface area contributed by atoms with E-state index >= 15 is 0 Å². The van der Waals surface area contributed by atoms with E-state index in [0.29, 0.717) is 23.1 Å². The van der Waals surface area contributed by atoms with Crippen molar-refractivity contribution in [2.75, 3.05) is 13.2 Å². The molecule has 2 unspecified atom stereocenters. The van der Waals surface area contributed by atoms with Crippen molar-refractivity contribution in [3.8, 4) is 10.6 Å². The summed E-state index contributed by atoms with van der Waals surface area (Å²) < 4.78 is 5.60. The number of rotatable bonds is 2. The number of aryl methyl sites for hydroxylation is 1. The second-order valence-electron chi connectivity index (χ2n) is 5.89. The Morgan fingerprint density at radius 3 is 2.96 bits per heavy atom. The highest BCUT2D eigenvalue weighted by Gasteiger charge is 2.30. The molecule has 0 saturated carbocycles. The summed E-state index contributed by atoms with van der Waals surface area (Å²) in [6, 6.07) is 7.62. The van der Waals surface area contributed by atoms with Crippen LogP contribution in [0, 0.1) is 6.92 Å². The van der Waals surface area contributed by atoms with Gasteiger partial charge in [0.1, 0.15) is 9.88 Å². The Bertz CT molecular complexity index is 731. The van der Waals surface area contributed by atoms with Crippen molar-refractivity contribution in [1.82, 2.24) is 9.88 Å². The van der Waals surface area contributed by atoms with Gasteiger partial charge in [-0.25, -0.2) is 4.98 Å². The Kier molecular flexibility index (Phi) is 4.71. The Morgan fingerprint density at radius 1 is 1.43 bits per heavy atom. The summed E-state index contributed by atoms with van der Waals surface area (Å²) in [4.78, 5) is 20.0. The molecule has 6 heteroatoms. The van der Waals surface area contributed by atoms with Gasteiger partial charge in [-0.15, -0.1) is 11.3 Å². The first kappa shape index (κ1) is 16.4. The maximum atomic E-state index is 12.9. The van der Waals surface area contributed by atoms with E-state index in [0.717, 1.165) is 16.3 Å². The molecule has 1 saturated heterocycles. The van der Waals surface area contributed by atoms with E-state index in [1.54, 1.807) is 0 Å². The van der Waals surface area contributed by atoms with Crippen molar-refractivity contribution in [2.24, 2.45) is 0 Å². The van der Waals surface area contributed by atoms with Gasteiger partial charge in [0.25, 0.3) is 5.91 Å². The molecule has 0 bridgehead atoms. The number of aromatic nitrogens is 1. The van der Waals surface area contributed by atoms with Crippen LogP contribution in [0.1, 0.15) is 29.2 Å². The smallest absolute Gasteiger partial charge is 0.266 e. The van der Waals surface area contributed by atoms with Crippen LogP contribution in [0.25, 0.3) is 10.6 Å². The van der Waals surface area contributed by atoms with Gasteiger partial charge in [-0.1, -0.05) is 23.7 Å². The number of carbonyl (C=O) groups is 1. The summed E-state index contributed by atoms with van der Waals surface area (Å²) in [6.45, 7) is 7.07. The lowest BCUT2D eigenvalue weighted by Crippen LogP contribution is -2.50. The highest BCUT2D eigenvalue weighted by Crippen LogP contribution is 2.31. The van der Waals surface area contributed by atoms with Crippen LogP contribution in [0.4, 0.5) is 0 Å². The minimum absolute atomic E-state index is 0.0379. The highest BCUT2D eigenvalue weighted by molar-refractivity contribution is 7.17. The van der Waals surface area contributed by atoms with Crippen molar-refractivity contribution in [3.05, 3.63) is 39.9 Å². The molecule has 1 fully saturated rings. The summed E-state index contributed by atoms with van der Waals surface area (Å²) in [7, 11) is 0. The second kappa shape index (κ2) is 6.59. The molecule has 1 aromatic carbocycles. The first-order valence-electron chi connectivity index (χ1n) is 7.61. The maximum absolute atomic E-state index is 12.9. The van der Waals surface area contributed by atoms with Crippen LogP contribution in [0.3, 0.4) is 0 Å². The van der Waals surface area contributed by atoms with E-state index in [1.165, 1.54) is 11.3 Å². The molecule has 3 rings (SSSR count). The maximum Gasteiger partial charge on any atom is 0.266 e. The summed E-state index contributed by atoms with van der Waals surface area (Å²) in [5.74, 6) is 0.0379. The van der Waals surface area contributed by atoms with Crippen molar-refractivity contribution in [2.45, 2.75) is 32.9 Å². The Balaban J connectivity index is 1.90. The quantitative estimate of drug-likeness (QED) is 0.821. The summed E-state index contributed by atoms with van der Waals surface area (Å²) >= 11 is 7.47. The van der Waals surface area contributed by atoms with Gasteiger partial charge in [-0.2, -0.15) is 0 Å². The predicted octanol–water partition coefficient (Wildman–Crippen LogP) is 4.02. The van der Waals surface area contributed by atoms with E-state index in [4.69, 9.17) is 16.3 Å². The van der Waals surface area contributed by atoms with Gasteiger partial charge in [-0.3, -0.25) is 4.79 Å². The third-order valence-corrected chi connectivity index (χ3v) is 5.36. The van der Waals surface area contributed by atoms with Crippen molar-refractivity contribution < 1.29 is 9.53 Å². The molecule has 1 amide bonds. The third kappa shape index (κ3) is 3.42. The SMILES string of the molecule is Cc1nc(-c2cccc(Cl)c2)sc1C(=O)N1CC(C)OCC1C. The number of thiazole rings is 1. The van der Waals surface area contributed by atoms with E-state index in [9.17, 15) is 4.79 Å². The van der Waals surface area contributed by atoms with Crippen LogP contribution in [-0.2, 0) is 4.74 Å². The van der Waals surface area contributed by atoms with E-state index in [-0.39, 0.29) is 18.1 Å². The van der Waals surface area contributed by atoms with Gasteiger partial charge in [-0.05, 0) is 32.9 Å². The number of ether oxygens (including phenoxy) is 1. The highest BCUT2D eigenvalue weighted by atomic mass is 35.5. The monoisotopic (exact) mass is 350 g/mol. The first-order chi connectivity index (χ1) is 11.0. The lowest BCUT2D eigenvalue weighted by molar-refractivity contribution is -0.0385. The average molecular weight is 351 g/mol. The number of hydrogen-bond donors (Lipinski definition) is 0. The zero-order chi connectivity index (χ0) is 16.6. The largest absolute Gasteiger partial charge is 0.375 e. The third-order valence-electron chi connectivity index (χ3n) is 3.93. The number of nitrogens with zero attached hydrogens (tertiary/aromatic N) is 2. The summed E-state index contributed by atoms with van der Waals surface area (Å²) in [6.07, 6.45) is 0.0655. The molecule has 23 heavy (non-hydrogen) atoms. The van der Waals surface area contributed by atoms with Crippen LogP contribution < -0.4 is 0 Å². The average Bonchev–Trinajstić information content (AvgIpc) is 2.91. The zero-order valence-corrected chi connectivity index (χ0v) is 14.9. The Morgan fingerprint density at radius 2 is 2.22 bits per heavy atom. The number of amides is 1. The zero-order valence-electron chi connectivity index (χ0n) is 13.4. The van der Waals surface area contributed by atoms with Crippen LogP contribution in [-0.4, -0.2) is 41.1 Å². The van der Waals surface area contributed by atoms with Crippen LogP contribution in [0.15, 0.2) is 24.3 Å². The van der Waals surface area contributed by atoms with Crippen molar-refractivity contribution in [1.29, 1.82) is 0 Å². The minimum Gasteiger partial charge on any atom is -0.375 e. The topological polar surface area (TPSA) is 42.4 Å². The molecule has 2 heterocycles. The molecule has 1 aliphatic rings. The van der Waals surface area contributed by atoms with Gasteiger partial charge in [0, 0.05) is 17.1 Å². The fourth-order valence-corrected chi connectivity index (χ4v) is 3.87. The van der Waals surface area contributed by atoms with Crippen LogP contribution in [0.5, 0.6) is 0 Å². The Hall–Kier alpha value is -1.43. The van der Waals surface area contributed by atoms with E-state index in [2.05, 4.69) is 4.98 Å². The minimum atomic E-state index is 0.0379.